The fourth-order valence-electron chi connectivity index (χ4n) is 1.94. The SMILES string of the molecule is CCCCN(C)C(=NC)NCc1ccc(OCC(F)(F)F)cc1. The van der Waals surface area contributed by atoms with E-state index in [1.807, 2.05) is 11.9 Å². The number of unbranched alkanes of at least 4 members (excludes halogenated alkanes) is 1. The first-order chi connectivity index (χ1) is 10.9. The fraction of sp³-hybridized carbons (Fsp3) is 0.562. The summed E-state index contributed by atoms with van der Waals surface area (Å²) in [5.74, 6) is 0.992. The van der Waals surface area contributed by atoms with Crippen LogP contribution in [0.4, 0.5) is 13.2 Å². The van der Waals surface area contributed by atoms with Gasteiger partial charge in [-0.25, -0.2) is 0 Å². The fourth-order valence-corrected chi connectivity index (χ4v) is 1.94. The topological polar surface area (TPSA) is 36.9 Å². The zero-order chi connectivity index (χ0) is 17.3. The molecule has 7 heteroatoms. The Hall–Kier alpha value is -1.92. The predicted molar refractivity (Wildman–Crippen MR) is 85.7 cm³/mol. The van der Waals surface area contributed by atoms with Crippen LogP contribution in [0.5, 0.6) is 5.75 Å². The normalized spacial score (nSPS) is 12.2. The quantitative estimate of drug-likeness (QED) is 0.614. The molecule has 1 aromatic rings. The summed E-state index contributed by atoms with van der Waals surface area (Å²) in [6, 6.07) is 6.54. The highest BCUT2D eigenvalue weighted by Gasteiger charge is 2.28. The van der Waals surface area contributed by atoms with Gasteiger partial charge in [0.25, 0.3) is 0 Å². The van der Waals surface area contributed by atoms with Gasteiger partial charge in [0.15, 0.2) is 12.6 Å². The largest absolute Gasteiger partial charge is 0.484 e. The van der Waals surface area contributed by atoms with Crippen LogP contribution in [0.3, 0.4) is 0 Å². The molecule has 1 aromatic carbocycles. The molecule has 0 aromatic heterocycles. The summed E-state index contributed by atoms with van der Waals surface area (Å²) < 4.78 is 40.9. The summed E-state index contributed by atoms with van der Waals surface area (Å²) in [4.78, 5) is 6.26. The van der Waals surface area contributed by atoms with Gasteiger partial charge in [0.2, 0.25) is 0 Å². The average Bonchev–Trinajstić information content (AvgIpc) is 2.51. The Morgan fingerprint density at radius 3 is 2.43 bits per heavy atom. The highest BCUT2D eigenvalue weighted by molar-refractivity contribution is 5.79. The first kappa shape index (κ1) is 19.1. The van der Waals surface area contributed by atoms with Crippen molar-refractivity contribution in [1.29, 1.82) is 0 Å². The number of hydrogen-bond acceptors (Lipinski definition) is 2. The van der Waals surface area contributed by atoms with Crippen LogP contribution >= 0.6 is 0 Å². The Morgan fingerprint density at radius 2 is 1.91 bits per heavy atom. The maximum atomic E-state index is 12.1. The molecule has 23 heavy (non-hydrogen) atoms. The minimum atomic E-state index is -4.32. The molecule has 0 saturated heterocycles. The van der Waals surface area contributed by atoms with E-state index < -0.39 is 12.8 Å². The first-order valence-electron chi connectivity index (χ1n) is 7.56. The van der Waals surface area contributed by atoms with Gasteiger partial charge in [-0.3, -0.25) is 4.99 Å². The predicted octanol–water partition coefficient (Wildman–Crippen LogP) is 3.44. The van der Waals surface area contributed by atoms with Crippen molar-refractivity contribution in [3.63, 3.8) is 0 Å². The van der Waals surface area contributed by atoms with Crippen molar-refractivity contribution in [3.8, 4) is 5.75 Å². The van der Waals surface area contributed by atoms with Crippen LogP contribution in [0.2, 0.25) is 0 Å². The Kier molecular flexibility index (Phi) is 7.71. The zero-order valence-electron chi connectivity index (χ0n) is 13.8. The lowest BCUT2D eigenvalue weighted by Gasteiger charge is -2.21. The van der Waals surface area contributed by atoms with Crippen molar-refractivity contribution in [2.45, 2.75) is 32.5 Å². The lowest BCUT2D eigenvalue weighted by molar-refractivity contribution is -0.153. The lowest BCUT2D eigenvalue weighted by Crippen LogP contribution is -2.38. The van der Waals surface area contributed by atoms with Gasteiger partial charge in [-0.15, -0.1) is 0 Å². The molecule has 0 radical (unpaired) electrons. The van der Waals surface area contributed by atoms with Gasteiger partial charge in [-0.2, -0.15) is 13.2 Å². The molecule has 4 nitrogen and oxygen atoms in total. The van der Waals surface area contributed by atoms with Crippen LogP contribution in [0, 0.1) is 0 Å². The number of benzene rings is 1. The molecule has 0 bridgehead atoms. The van der Waals surface area contributed by atoms with Gasteiger partial charge < -0.3 is 15.0 Å². The van der Waals surface area contributed by atoms with Gasteiger partial charge in [-0.1, -0.05) is 25.5 Å². The third kappa shape index (κ3) is 7.76. The highest BCUT2D eigenvalue weighted by atomic mass is 19.4. The van der Waals surface area contributed by atoms with Gasteiger partial charge in [-0.05, 0) is 24.1 Å². The second-order valence-electron chi connectivity index (χ2n) is 5.22. The minimum absolute atomic E-state index is 0.204. The molecule has 0 heterocycles. The number of halogens is 3. The molecule has 0 unspecified atom stereocenters. The van der Waals surface area contributed by atoms with E-state index in [0.29, 0.717) is 6.54 Å². The van der Waals surface area contributed by atoms with Gasteiger partial charge >= 0.3 is 6.18 Å². The molecule has 0 aliphatic rings. The van der Waals surface area contributed by atoms with Crippen LogP contribution < -0.4 is 10.1 Å². The summed E-state index contributed by atoms with van der Waals surface area (Å²) in [7, 11) is 3.69. The van der Waals surface area contributed by atoms with Crippen molar-refractivity contribution in [1.82, 2.24) is 10.2 Å². The number of guanidine groups is 1. The maximum absolute atomic E-state index is 12.1. The molecule has 0 spiro atoms. The Morgan fingerprint density at radius 1 is 1.26 bits per heavy atom. The second-order valence-corrected chi connectivity index (χ2v) is 5.22. The molecule has 0 aliphatic carbocycles. The van der Waals surface area contributed by atoms with E-state index in [1.54, 1.807) is 19.2 Å². The van der Waals surface area contributed by atoms with Crippen LogP contribution in [0.25, 0.3) is 0 Å². The molecule has 1 rings (SSSR count). The monoisotopic (exact) mass is 331 g/mol. The number of nitrogens with one attached hydrogen (secondary N) is 1. The molecule has 0 saturated carbocycles. The molecule has 0 atom stereocenters. The number of rotatable bonds is 7. The Bertz CT molecular complexity index is 486. The van der Waals surface area contributed by atoms with Gasteiger partial charge in [0.1, 0.15) is 5.75 Å². The standard InChI is InChI=1S/C16H24F3N3O/c1-4-5-10-22(3)15(20-2)21-11-13-6-8-14(9-7-13)23-12-16(17,18)19/h6-9H,4-5,10-12H2,1-3H3,(H,20,21). The van der Waals surface area contributed by atoms with Crippen LogP contribution in [-0.2, 0) is 6.54 Å². The third-order valence-electron chi connectivity index (χ3n) is 3.20. The molecule has 0 amide bonds. The van der Waals surface area contributed by atoms with Crippen molar-refractivity contribution in [2.75, 3.05) is 27.2 Å². The van der Waals surface area contributed by atoms with Gasteiger partial charge in [0, 0.05) is 27.2 Å². The molecule has 130 valence electrons. The van der Waals surface area contributed by atoms with E-state index in [0.717, 1.165) is 30.9 Å². The molecule has 0 fully saturated rings. The molecular weight excluding hydrogens is 307 g/mol. The minimum Gasteiger partial charge on any atom is -0.484 e. The number of aliphatic imine (C=N–C) groups is 1. The van der Waals surface area contributed by atoms with E-state index in [-0.39, 0.29) is 5.75 Å². The smallest absolute Gasteiger partial charge is 0.422 e. The van der Waals surface area contributed by atoms with E-state index in [1.165, 1.54) is 12.1 Å². The van der Waals surface area contributed by atoms with E-state index in [4.69, 9.17) is 0 Å². The first-order valence-corrected chi connectivity index (χ1v) is 7.56. The summed E-state index contributed by atoms with van der Waals surface area (Å²) in [6.07, 6.45) is -2.13. The van der Waals surface area contributed by atoms with E-state index in [9.17, 15) is 13.2 Å². The number of nitrogens with zero attached hydrogens (tertiary/aromatic N) is 2. The number of hydrogen-bond donors (Lipinski definition) is 1. The molecular formula is C16H24F3N3O. The van der Waals surface area contributed by atoms with Crippen LogP contribution in [0.15, 0.2) is 29.3 Å². The van der Waals surface area contributed by atoms with Gasteiger partial charge in [0.05, 0.1) is 0 Å². The number of alkyl halides is 3. The summed E-state index contributed by atoms with van der Waals surface area (Å²) in [6.45, 7) is 2.31. The van der Waals surface area contributed by atoms with E-state index >= 15 is 0 Å². The van der Waals surface area contributed by atoms with Crippen molar-refractivity contribution < 1.29 is 17.9 Å². The Balaban J connectivity index is 2.48. The van der Waals surface area contributed by atoms with E-state index in [2.05, 4.69) is 22.0 Å². The summed E-state index contributed by atoms with van der Waals surface area (Å²) >= 11 is 0. The van der Waals surface area contributed by atoms with Crippen LogP contribution in [-0.4, -0.2) is 44.3 Å². The van der Waals surface area contributed by atoms with Crippen molar-refractivity contribution in [3.05, 3.63) is 29.8 Å². The maximum Gasteiger partial charge on any atom is 0.422 e. The lowest BCUT2D eigenvalue weighted by atomic mass is 10.2. The average molecular weight is 331 g/mol. The van der Waals surface area contributed by atoms with Crippen molar-refractivity contribution in [2.24, 2.45) is 4.99 Å². The summed E-state index contributed by atoms with van der Waals surface area (Å²) in [5.41, 5.74) is 0.939. The van der Waals surface area contributed by atoms with Crippen LogP contribution in [0.1, 0.15) is 25.3 Å². The Labute approximate surface area is 135 Å². The number of ether oxygens (including phenoxy) is 1. The molecule has 1 N–H and O–H groups in total. The second kappa shape index (κ2) is 9.27. The zero-order valence-corrected chi connectivity index (χ0v) is 13.8. The highest BCUT2D eigenvalue weighted by Crippen LogP contribution is 2.18. The summed E-state index contributed by atoms with van der Waals surface area (Å²) in [5, 5.41) is 3.23. The third-order valence-corrected chi connectivity index (χ3v) is 3.20. The van der Waals surface area contributed by atoms with Crippen molar-refractivity contribution >= 4 is 5.96 Å². The molecule has 0 aliphatic heterocycles.